The van der Waals surface area contributed by atoms with Crippen molar-refractivity contribution in [2.75, 3.05) is 0 Å². The van der Waals surface area contributed by atoms with Gasteiger partial charge in [0, 0.05) is 54.0 Å². The SMILES string of the molecule is CC1(C)c2ccccc2-c2ccc(-n3c4ccccc4c4cc(-c5ccc6c(c5)c5ccccc5n6-c5ccc(-c6csc7ccccc67)cc5)ccc43)cc21. The summed E-state index contributed by atoms with van der Waals surface area (Å²) in [7, 11) is 0. The van der Waals surface area contributed by atoms with E-state index in [-0.39, 0.29) is 5.41 Å². The van der Waals surface area contributed by atoms with Crippen molar-refractivity contribution in [3.63, 3.8) is 0 Å². The van der Waals surface area contributed by atoms with Gasteiger partial charge in [-0.3, -0.25) is 0 Å². The molecule has 2 nitrogen and oxygen atoms in total. The van der Waals surface area contributed by atoms with Gasteiger partial charge in [0.15, 0.2) is 0 Å². The summed E-state index contributed by atoms with van der Waals surface area (Å²) in [6, 6.07) is 65.4. The Morgan fingerprint density at radius 1 is 0.375 bits per heavy atom. The minimum atomic E-state index is -0.0570. The number of benzene rings is 8. The molecule has 0 saturated carbocycles. The molecule has 56 heavy (non-hydrogen) atoms. The van der Waals surface area contributed by atoms with Crippen LogP contribution in [0.25, 0.3) is 98.5 Å². The maximum absolute atomic E-state index is 2.46. The molecule has 0 saturated heterocycles. The van der Waals surface area contributed by atoms with Crippen LogP contribution in [0.2, 0.25) is 0 Å². The molecule has 0 aliphatic heterocycles. The molecule has 0 spiro atoms. The summed E-state index contributed by atoms with van der Waals surface area (Å²) in [6.45, 7) is 4.72. The third-order valence-corrected chi connectivity index (χ3v) is 13.4. The van der Waals surface area contributed by atoms with Crippen molar-refractivity contribution >= 4 is 65.0 Å². The van der Waals surface area contributed by atoms with Gasteiger partial charge in [0.1, 0.15) is 0 Å². The van der Waals surface area contributed by atoms with Crippen LogP contribution in [0.15, 0.2) is 181 Å². The van der Waals surface area contributed by atoms with Crippen LogP contribution in [0.3, 0.4) is 0 Å². The predicted molar refractivity (Wildman–Crippen MR) is 239 cm³/mol. The molecule has 0 bridgehead atoms. The topological polar surface area (TPSA) is 9.86 Å². The molecule has 0 fully saturated rings. The number of rotatable bonds is 4. The van der Waals surface area contributed by atoms with Gasteiger partial charge in [0.05, 0.1) is 22.1 Å². The smallest absolute Gasteiger partial charge is 0.0541 e. The lowest BCUT2D eigenvalue weighted by Gasteiger charge is -2.22. The molecule has 11 aromatic rings. The Bertz CT molecular complexity index is 3390. The molecule has 1 aliphatic carbocycles. The summed E-state index contributed by atoms with van der Waals surface area (Å²) >= 11 is 1.81. The van der Waals surface area contributed by atoms with Crippen LogP contribution < -0.4 is 0 Å². The zero-order chi connectivity index (χ0) is 37.1. The van der Waals surface area contributed by atoms with Crippen LogP contribution in [-0.4, -0.2) is 9.13 Å². The molecule has 0 unspecified atom stereocenters. The number of fused-ring (bicyclic) bond motifs is 10. The third kappa shape index (κ3) is 4.43. The average molecular weight is 733 g/mol. The Labute approximate surface area is 329 Å². The second-order valence-electron chi connectivity index (χ2n) is 15.8. The number of hydrogen-bond acceptors (Lipinski definition) is 1. The van der Waals surface area contributed by atoms with E-state index in [1.54, 1.807) is 0 Å². The highest BCUT2D eigenvalue weighted by molar-refractivity contribution is 7.17. The zero-order valence-electron chi connectivity index (χ0n) is 31.1. The van der Waals surface area contributed by atoms with Crippen LogP contribution in [0.5, 0.6) is 0 Å². The quantitative estimate of drug-likeness (QED) is 0.170. The van der Waals surface area contributed by atoms with Gasteiger partial charge in [-0.05, 0) is 111 Å². The first kappa shape index (κ1) is 31.6. The molecule has 3 heteroatoms. The molecule has 12 rings (SSSR count). The molecule has 0 radical (unpaired) electrons. The van der Waals surface area contributed by atoms with Gasteiger partial charge < -0.3 is 9.13 Å². The van der Waals surface area contributed by atoms with Crippen LogP contribution >= 0.6 is 11.3 Å². The average Bonchev–Trinajstić information content (AvgIpc) is 3.98. The fraction of sp³-hybridized carbons (Fsp3) is 0.0566. The van der Waals surface area contributed by atoms with E-state index in [0.717, 1.165) is 0 Å². The third-order valence-electron chi connectivity index (χ3n) is 12.4. The van der Waals surface area contributed by atoms with Crippen LogP contribution in [0, 0.1) is 0 Å². The van der Waals surface area contributed by atoms with Gasteiger partial charge in [0.25, 0.3) is 0 Å². The highest BCUT2D eigenvalue weighted by atomic mass is 32.1. The fourth-order valence-corrected chi connectivity index (χ4v) is 10.7. The Morgan fingerprint density at radius 3 is 1.59 bits per heavy atom. The van der Waals surface area contributed by atoms with Crippen LogP contribution in [0.1, 0.15) is 25.0 Å². The van der Waals surface area contributed by atoms with Crippen molar-refractivity contribution in [2.24, 2.45) is 0 Å². The molecular formula is C53H36N2S. The molecule has 1 aliphatic rings. The van der Waals surface area contributed by atoms with E-state index in [0.29, 0.717) is 0 Å². The van der Waals surface area contributed by atoms with Gasteiger partial charge in [-0.15, -0.1) is 11.3 Å². The standard InChI is InChI=1S/C53H36N2S/c1-53(2)46-15-7-3-11-38(46)39-26-25-37(31-47(39)53)55-49-17-9-5-13-41(49)44-30-35(22-28-51(44)55)34-21-27-50-43(29-34)40-12-4-8-16-48(40)54(50)36-23-19-33(20-24-36)45-32-56-52-18-10-6-14-42(45)52/h3-32H,1-2H3. The highest BCUT2D eigenvalue weighted by Crippen LogP contribution is 2.49. The molecule has 0 amide bonds. The second-order valence-corrected chi connectivity index (χ2v) is 16.7. The van der Waals surface area contributed by atoms with Crippen molar-refractivity contribution in [3.05, 3.63) is 192 Å². The first-order valence-electron chi connectivity index (χ1n) is 19.4. The number of para-hydroxylation sites is 2. The minimum Gasteiger partial charge on any atom is -0.309 e. The first-order chi connectivity index (χ1) is 27.5. The number of hydrogen-bond donors (Lipinski definition) is 0. The van der Waals surface area contributed by atoms with Gasteiger partial charge in [-0.25, -0.2) is 0 Å². The lowest BCUT2D eigenvalue weighted by Crippen LogP contribution is -2.15. The lowest BCUT2D eigenvalue weighted by molar-refractivity contribution is 0.660. The maximum Gasteiger partial charge on any atom is 0.0541 e. The second kappa shape index (κ2) is 11.7. The summed E-state index contributed by atoms with van der Waals surface area (Å²) in [5.41, 5.74) is 17.7. The Kier molecular flexibility index (Phi) is 6.59. The van der Waals surface area contributed by atoms with E-state index in [1.807, 2.05) is 11.3 Å². The largest absolute Gasteiger partial charge is 0.309 e. The Hall–Kier alpha value is -6.68. The van der Waals surface area contributed by atoms with Crippen molar-refractivity contribution < 1.29 is 0 Å². The number of thiophene rings is 1. The molecule has 3 aromatic heterocycles. The van der Waals surface area contributed by atoms with Crippen molar-refractivity contribution in [2.45, 2.75) is 19.3 Å². The minimum absolute atomic E-state index is 0.0570. The molecule has 0 atom stereocenters. The monoisotopic (exact) mass is 732 g/mol. The molecular weight excluding hydrogens is 697 g/mol. The lowest BCUT2D eigenvalue weighted by atomic mass is 9.82. The van der Waals surface area contributed by atoms with E-state index in [1.165, 1.54) is 110 Å². The normalized spacial score (nSPS) is 13.3. The molecule has 3 heterocycles. The van der Waals surface area contributed by atoms with Gasteiger partial charge >= 0.3 is 0 Å². The van der Waals surface area contributed by atoms with Crippen molar-refractivity contribution in [3.8, 4) is 44.8 Å². The number of aromatic nitrogens is 2. The van der Waals surface area contributed by atoms with Gasteiger partial charge in [-0.1, -0.05) is 123 Å². The van der Waals surface area contributed by atoms with Crippen molar-refractivity contribution in [1.82, 2.24) is 9.13 Å². The number of nitrogens with zero attached hydrogens (tertiary/aromatic N) is 2. The van der Waals surface area contributed by atoms with Crippen LogP contribution in [0.4, 0.5) is 0 Å². The van der Waals surface area contributed by atoms with E-state index < -0.39 is 0 Å². The van der Waals surface area contributed by atoms with Gasteiger partial charge in [-0.2, -0.15) is 0 Å². The summed E-state index contributed by atoms with van der Waals surface area (Å²) < 4.78 is 6.19. The van der Waals surface area contributed by atoms with E-state index >= 15 is 0 Å². The zero-order valence-corrected chi connectivity index (χ0v) is 31.9. The van der Waals surface area contributed by atoms with E-state index in [4.69, 9.17) is 0 Å². The van der Waals surface area contributed by atoms with E-state index in [2.05, 4.69) is 204 Å². The summed E-state index contributed by atoms with van der Waals surface area (Å²) in [5.74, 6) is 0. The highest BCUT2D eigenvalue weighted by Gasteiger charge is 2.35. The first-order valence-corrected chi connectivity index (χ1v) is 20.3. The van der Waals surface area contributed by atoms with Crippen molar-refractivity contribution in [1.29, 1.82) is 0 Å². The Morgan fingerprint density at radius 2 is 0.893 bits per heavy atom. The Balaban J connectivity index is 0.972. The van der Waals surface area contributed by atoms with Crippen LogP contribution in [-0.2, 0) is 5.41 Å². The predicted octanol–water partition coefficient (Wildman–Crippen LogP) is 14.7. The fourth-order valence-electron chi connectivity index (χ4n) is 9.68. The summed E-state index contributed by atoms with van der Waals surface area (Å²) in [5, 5.41) is 8.65. The maximum atomic E-state index is 2.46. The summed E-state index contributed by atoms with van der Waals surface area (Å²) in [6.07, 6.45) is 0. The molecule has 264 valence electrons. The summed E-state index contributed by atoms with van der Waals surface area (Å²) in [4.78, 5) is 0. The van der Waals surface area contributed by atoms with Gasteiger partial charge in [0.2, 0.25) is 0 Å². The molecule has 0 N–H and O–H groups in total. The molecule has 8 aromatic carbocycles. The van der Waals surface area contributed by atoms with E-state index in [9.17, 15) is 0 Å².